The zero-order valence-electron chi connectivity index (χ0n) is 15.0. The summed E-state index contributed by atoms with van der Waals surface area (Å²) in [6.45, 7) is -1.80. The first-order chi connectivity index (χ1) is 13.5. The number of hydrogen-bond acceptors (Lipinski definition) is 13. The highest BCUT2D eigenvalue weighted by Crippen LogP contribution is 2.36. The number of rotatable bonds is 7. The lowest BCUT2D eigenvalue weighted by atomic mass is 9.90. The van der Waals surface area contributed by atoms with Crippen molar-refractivity contribution in [2.45, 2.75) is 73.4 Å². The van der Waals surface area contributed by atoms with Gasteiger partial charge in [-0.3, -0.25) is 0 Å². The minimum absolute atomic E-state index is 0.822. The van der Waals surface area contributed by atoms with Gasteiger partial charge in [0, 0.05) is 6.42 Å². The Morgan fingerprint density at radius 3 is 2.21 bits per heavy atom. The molecule has 0 aromatic heterocycles. The van der Waals surface area contributed by atoms with Gasteiger partial charge in [-0.05, 0) is 0 Å². The summed E-state index contributed by atoms with van der Waals surface area (Å²) in [4.78, 5) is 11.9. The number of aliphatic hydroxyl groups is 9. The van der Waals surface area contributed by atoms with Crippen LogP contribution in [-0.2, 0) is 19.0 Å². The molecule has 0 aromatic rings. The van der Waals surface area contributed by atoms with Crippen LogP contribution in [0, 0.1) is 0 Å². The fourth-order valence-corrected chi connectivity index (χ4v) is 3.24. The van der Waals surface area contributed by atoms with E-state index in [1.54, 1.807) is 0 Å². The van der Waals surface area contributed by atoms with Gasteiger partial charge < -0.3 is 65.3 Å². The topological polar surface area (TPSA) is 247 Å². The van der Waals surface area contributed by atoms with Crippen molar-refractivity contribution in [3.05, 3.63) is 0 Å². The molecule has 0 radical (unpaired) electrons. The van der Waals surface area contributed by atoms with Gasteiger partial charge in [-0.1, -0.05) is 0 Å². The number of hydrogen-bond donors (Lipinski definition) is 10. The Balaban J connectivity index is 2.35. The predicted octanol–water partition coefficient (Wildman–Crippen LogP) is -6.19. The van der Waals surface area contributed by atoms with Crippen LogP contribution >= 0.6 is 0 Å². The summed E-state index contributed by atoms with van der Waals surface area (Å²) in [5.41, 5.74) is 0. The van der Waals surface area contributed by atoms with E-state index in [1.807, 2.05) is 0 Å². The van der Waals surface area contributed by atoms with Crippen LogP contribution in [0.3, 0.4) is 0 Å². The van der Waals surface area contributed by atoms with Crippen LogP contribution in [0.15, 0.2) is 0 Å². The van der Waals surface area contributed by atoms with Gasteiger partial charge in [0.1, 0.15) is 48.8 Å². The van der Waals surface area contributed by atoms with Crippen LogP contribution in [-0.4, -0.2) is 137 Å². The molecule has 14 nitrogen and oxygen atoms in total. The van der Waals surface area contributed by atoms with Crippen molar-refractivity contribution in [2.24, 2.45) is 0 Å². The highest BCUT2D eigenvalue weighted by molar-refractivity contribution is 5.76. The first-order valence-electron chi connectivity index (χ1n) is 8.71. The van der Waals surface area contributed by atoms with Crippen molar-refractivity contribution in [3.8, 4) is 0 Å². The second kappa shape index (κ2) is 9.42. The third-order valence-electron chi connectivity index (χ3n) is 4.95. The SMILES string of the molecule is O=C(O)[C@@]1(O[C@@H]2[C@@H](O)[C@H](O)O[C@H](CO)[C@@H]2O)C[C@H](O)[C@@H](O)[C@H]([C@H](O)[C@H](O)CO)O1. The Bertz CT molecular complexity index is 561. The van der Waals surface area contributed by atoms with E-state index in [9.17, 15) is 50.8 Å². The number of aliphatic carboxylic acids is 1. The average molecular weight is 430 g/mol. The number of aliphatic hydroxyl groups excluding tert-OH is 9. The standard InChI is InChI=1S/C15H26O14/c16-2-5(19)8(21)11-7(20)4(18)1-15(28-11,14(25)26)29-12-9(22)6(3-17)27-13(24)10(12)23/h4-13,16-24H,1-3H2,(H,25,26)/t4-,5+,6+,7+,8+,9-,10+,11+,12-,13+,15-/m0/s1. The number of carboxylic acids is 1. The van der Waals surface area contributed by atoms with Gasteiger partial charge in [0.2, 0.25) is 0 Å². The van der Waals surface area contributed by atoms with Gasteiger partial charge in [-0.25, -0.2) is 4.79 Å². The third kappa shape index (κ3) is 4.68. The van der Waals surface area contributed by atoms with Crippen molar-refractivity contribution < 1.29 is 70.1 Å². The molecule has 0 unspecified atom stereocenters. The second-order valence-corrected chi connectivity index (χ2v) is 6.95. The molecular weight excluding hydrogens is 404 g/mol. The molecule has 0 amide bonds. The molecule has 2 heterocycles. The molecule has 2 rings (SSSR count). The van der Waals surface area contributed by atoms with Crippen molar-refractivity contribution in [3.63, 3.8) is 0 Å². The van der Waals surface area contributed by atoms with E-state index in [-0.39, 0.29) is 0 Å². The first kappa shape index (κ1) is 24.3. The van der Waals surface area contributed by atoms with E-state index in [2.05, 4.69) is 0 Å². The van der Waals surface area contributed by atoms with E-state index in [1.165, 1.54) is 0 Å². The third-order valence-corrected chi connectivity index (χ3v) is 4.95. The smallest absolute Gasteiger partial charge is 0.364 e. The highest BCUT2D eigenvalue weighted by atomic mass is 16.7. The molecular formula is C15H26O14. The average Bonchev–Trinajstić information content (AvgIpc) is 2.69. The maximum absolute atomic E-state index is 11.9. The normalized spacial score (nSPS) is 45.6. The summed E-state index contributed by atoms with van der Waals surface area (Å²) >= 11 is 0. The van der Waals surface area contributed by atoms with Gasteiger partial charge in [-0.15, -0.1) is 0 Å². The molecule has 0 bridgehead atoms. The van der Waals surface area contributed by atoms with Crippen LogP contribution < -0.4 is 0 Å². The van der Waals surface area contributed by atoms with E-state index in [0.29, 0.717) is 0 Å². The summed E-state index contributed by atoms with van der Waals surface area (Å²) in [7, 11) is 0. The summed E-state index contributed by atoms with van der Waals surface area (Å²) in [5.74, 6) is -4.75. The Labute approximate surface area is 163 Å². The monoisotopic (exact) mass is 430 g/mol. The van der Waals surface area contributed by atoms with Crippen molar-refractivity contribution >= 4 is 5.97 Å². The number of carbonyl (C=O) groups is 1. The highest BCUT2D eigenvalue weighted by Gasteiger charge is 2.58. The molecule has 2 saturated heterocycles. The van der Waals surface area contributed by atoms with E-state index >= 15 is 0 Å². The van der Waals surface area contributed by atoms with E-state index in [4.69, 9.17) is 19.3 Å². The lowest BCUT2D eigenvalue weighted by Crippen LogP contribution is -2.68. The van der Waals surface area contributed by atoms with E-state index in [0.717, 1.165) is 0 Å². The molecule has 0 aliphatic carbocycles. The van der Waals surface area contributed by atoms with Crippen LogP contribution in [0.25, 0.3) is 0 Å². The Hall–Kier alpha value is -1.01. The minimum Gasteiger partial charge on any atom is -0.477 e. The van der Waals surface area contributed by atoms with Crippen LogP contribution in [0.5, 0.6) is 0 Å². The molecule has 0 spiro atoms. The molecule has 2 aliphatic heterocycles. The fraction of sp³-hybridized carbons (Fsp3) is 0.933. The first-order valence-corrected chi connectivity index (χ1v) is 8.71. The summed E-state index contributed by atoms with van der Waals surface area (Å²) < 4.78 is 15.1. The largest absolute Gasteiger partial charge is 0.477 e. The maximum atomic E-state index is 11.9. The van der Waals surface area contributed by atoms with Gasteiger partial charge in [0.15, 0.2) is 6.29 Å². The fourth-order valence-electron chi connectivity index (χ4n) is 3.24. The second-order valence-electron chi connectivity index (χ2n) is 6.95. The van der Waals surface area contributed by atoms with E-state index < -0.39 is 92.6 Å². The van der Waals surface area contributed by atoms with Crippen LogP contribution in [0.4, 0.5) is 0 Å². The Morgan fingerprint density at radius 1 is 1.07 bits per heavy atom. The molecule has 0 aromatic carbocycles. The molecule has 29 heavy (non-hydrogen) atoms. The summed E-state index contributed by atoms with van der Waals surface area (Å²) in [6, 6.07) is 0. The number of ether oxygens (including phenoxy) is 3. The maximum Gasteiger partial charge on any atom is 0.364 e. The van der Waals surface area contributed by atoms with Crippen molar-refractivity contribution in [1.29, 1.82) is 0 Å². The lowest BCUT2D eigenvalue weighted by molar-refractivity contribution is -0.373. The molecule has 2 fully saturated rings. The zero-order valence-corrected chi connectivity index (χ0v) is 15.0. The quantitative estimate of drug-likeness (QED) is 0.180. The minimum atomic E-state index is -2.86. The Kier molecular flexibility index (Phi) is 7.88. The molecule has 10 N–H and O–H groups in total. The van der Waals surface area contributed by atoms with Crippen LogP contribution in [0.1, 0.15) is 6.42 Å². The number of carboxylic acid groups (broad SMARTS) is 1. The van der Waals surface area contributed by atoms with Gasteiger partial charge in [0.05, 0.1) is 19.3 Å². The molecule has 2 aliphatic rings. The Morgan fingerprint density at radius 2 is 1.69 bits per heavy atom. The lowest BCUT2D eigenvalue weighted by Gasteiger charge is -2.48. The van der Waals surface area contributed by atoms with Crippen molar-refractivity contribution in [1.82, 2.24) is 0 Å². The summed E-state index contributed by atoms with van der Waals surface area (Å²) in [6.07, 6.45) is -19.7. The summed E-state index contributed by atoms with van der Waals surface area (Å²) in [5, 5.41) is 97.5. The van der Waals surface area contributed by atoms with Gasteiger partial charge in [-0.2, -0.15) is 0 Å². The molecule has 170 valence electrons. The van der Waals surface area contributed by atoms with Crippen LogP contribution in [0.2, 0.25) is 0 Å². The molecule has 0 saturated carbocycles. The zero-order chi connectivity index (χ0) is 22.1. The van der Waals surface area contributed by atoms with Gasteiger partial charge >= 0.3 is 5.97 Å². The predicted molar refractivity (Wildman–Crippen MR) is 85.8 cm³/mol. The molecule has 11 atom stereocenters. The van der Waals surface area contributed by atoms with Gasteiger partial charge in [0.25, 0.3) is 5.79 Å². The van der Waals surface area contributed by atoms with Crippen molar-refractivity contribution in [2.75, 3.05) is 13.2 Å². The molecule has 14 heteroatoms.